The van der Waals surface area contributed by atoms with Crippen molar-refractivity contribution in [2.75, 3.05) is 13.2 Å². The third-order valence-corrected chi connectivity index (χ3v) is 2.79. The molecule has 136 valence electrons. The third-order valence-electron chi connectivity index (χ3n) is 2.79. The summed E-state index contributed by atoms with van der Waals surface area (Å²) in [6.07, 6.45) is 5.12. The SMILES string of the molecule is CC.CCC.CCCCCNCc1ccc(OCC(C)C)cc1. The van der Waals surface area contributed by atoms with Crippen molar-refractivity contribution in [3.63, 3.8) is 0 Å². The van der Waals surface area contributed by atoms with Crippen LogP contribution in [0.15, 0.2) is 24.3 Å². The molecule has 2 heteroatoms. The Kier molecular flexibility index (Phi) is 20.0. The quantitative estimate of drug-likeness (QED) is 0.528. The minimum atomic E-state index is 0.574. The van der Waals surface area contributed by atoms with Crippen LogP contribution in [0.2, 0.25) is 0 Å². The largest absolute Gasteiger partial charge is 0.493 e. The fraction of sp³-hybridized carbons (Fsp3) is 0.714. The molecular weight excluding hydrogens is 282 g/mol. The van der Waals surface area contributed by atoms with E-state index in [1.165, 1.54) is 31.2 Å². The Morgan fingerprint density at radius 3 is 2.00 bits per heavy atom. The predicted octanol–water partition coefficient (Wildman–Crippen LogP) is 6.44. The maximum atomic E-state index is 5.66. The highest BCUT2D eigenvalue weighted by atomic mass is 16.5. The molecule has 0 aliphatic carbocycles. The lowest BCUT2D eigenvalue weighted by Crippen LogP contribution is -2.14. The lowest BCUT2D eigenvalue weighted by atomic mass is 10.2. The number of ether oxygens (including phenoxy) is 1. The fourth-order valence-electron chi connectivity index (χ4n) is 1.70. The third kappa shape index (κ3) is 17.2. The summed E-state index contributed by atoms with van der Waals surface area (Å²) in [7, 11) is 0. The number of benzene rings is 1. The molecule has 0 aromatic heterocycles. The molecule has 0 bridgehead atoms. The van der Waals surface area contributed by atoms with Crippen LogP contribution in [0.1, 0.15) is 79.7 Å². The molecule has 0 spiro atoms. The Morgan fingerprint density at radius 2 is 1.52 bits per heavy atom. The van der Waals surface area contributed by atoms with Crippen molar-refractivity contribution in [3.8, 4) is 5.75 Å². The number of hydrogen-bond donors (Lipinski definition) is 1. The van der Waals surface area contributed by atoms with Gasteiger partial charge in [0.25, 0.3) is 0 Å². The van der Waals surface area contributed by atoms with Crippen LogP contribution in [0, 0.1) is 5.92 Å². The molecule has 0 heterocycles. The van der Waals surface area contributed by atoms with E-state index in [-0.39, 0.29) is 0 Å². The van der Waals surface area contributed by atoms with Crippen molar-refractivity contribution in [2.24, 2.45) is 5.92 Å². The van der Waals surface area contributed by atoms with E-state index in [4.69, 9.17) is 4.74 Å². The summed E-state index contributed by atoms with van der Waals surface area (Å²) in [6.45, 7) is 17.7. The van der Waals surface area contributed by atoms with Crippen molar-refractivity contribution >= 4 is 0 Å². The van der Waals surface area contributed by atoms with Gasteiger partial charge in [-0.1, -0.05) is 79.9 Å². The topological polar surface area (TPSA) is 21.3 Å². The van der Waals surface area contributed by atoms with Gasteiger partial charge in [0.2, 0.25) is 0 Å². The highest BCUT2D eigenvalue weighted by Gasteiger charge is 1.98. The van der Waals surface area contributed by atoms with Gasteiger partial charge in [-0.15, -0.1) is 0 Å². The summed E-state index contributed by atoms with van der Waals surface area (Å²) in [5.41, 5.74) is 1.32. The van der Waals surface area contributed by atoms with Gasteiger partial charge >= 0.3 is 0 Å². The zero-order chi connectivity index (χ0) is 17.9. The molecule has 0 saturated carbocycles. The van der Waals surface area contributed by atoms with E-state index in [0.717, 1.165) is 25.4 Å². The van der Waals surface area contributed by atoms with Crippen LogP contribution in [-0.4, -0.2) is 13.2 Å². The van der Waals surface area contributed by atoms with Gasteiger partial charge in [0, 0.05) is 6.54 Å². The molecule has 0 amide bonds. The van der Waals surface area contributed by atoms with Crippen molar-refractivity contribution in [1.82, 2.24) is 5.32 Å². The average Bonchev–Trinajstić information content (AvgIpc) is 2.56. The normalized spacial score (nSPS) is 9.57. The maximum absolute atomic E-state index is 5.66. The molecule has 0 saturated heterocycles. The van der Waals surface area contributed by atoms with Crippen LogP contribution in [0.3, 0.4) is 0 Å². The molecule has 1 aromatic carbocycles. The van der Waals surface area contributed by atoms with Gasteiger partial charge in [0.05, 0.1) is 6.61 Å². The van der Waals surface area contributed by atoms with E-state index >= 15 is 0 Å². The second-order valence-electron chi connectivity index (χ2n) is 5.94. The van der Waals surface area contributed by atoms with Crippen LogP contribution in [0.25, 0.3) is 0 Å². The number of rotatable bonds is 9. The minimum Gasteiger partial charge on any atom is -0.493 e. The first-order chi connectivity index (χ1) is 11.1. The zero-order valence-corrected chi connectivity index (χ0v) is 16.7. The second kappa shape index (κ2) is 19.0. The molecule has 23 heavy (non-hydrogen) atoms. The van der Waals surface area contributed by atoms with Crippen LogP contribution >= 0.6 is 0 Å². The van der Waals surface area contributed by atoms with E-state index in [2.05, 4.69) is 64.2 Å². The number of hydrogen-bond acceptors (Lipinski definition) is 2. The van der Waals surface area contributed by atoms with Gasteiger partial charge in [-0.25, -0.2) is 0 Å². The highest BCUT2D eigenvalue weighted by molar-refractivity contribution is 5.27. The van der Waals surface area contributed by atoms with E-state index in [9.17, 15) is 0 Å². The first kappa shape index (κ1) is 24.2. The molecule has 0 atom stereocenters. The number of unbranched alkanes of at least 4 members (excludes halogenated alkanes) is 2. The van der Waals surface area contributed by atoms with Crippen molar-refractivity contribution in [2.45, 2.75) is 80.7 Å². The molecule has 1 aromatic rings. The predicted molar refractivity (Wildman–Crippen MR) is 105 cm³/mol. The van der Waals surface area contributed by atoms with Gasteiger partial charge in [-0.3, -0.25) is 0 Å². The highest BCUT2D eigenvalue weighted by Crippen LogP contribution is 2.13. The standard InChI is InChI=1S/C16H27NO.C3H8.C2H6/c1-4-5-6-11-17-12-15-7-9-16(10-8-15)18-13-14(2)3;1-3-2;1-2/h7-10,14,17H,4-6,11-13H2,1-3H3;3H2,1-2H3;1-2H3. The Balaban J connectivity index is 0. The molecule has 1 rings (SSSR count). The summed E-state index contributed by atoms with van der Waals surface area (Å²) in [5.74, 6) is 1.54. The molecule has 0 fully saturated rings. The lowest BCUT2D eigenvalue weighted by Gasteiger charge is -2.09. The first-order valence-corrected chi connectivity index (χ1v) is 9.56. The van der Waals surface area contributed by atoms with Crippen molar-refractivity contribution in [3.05, 3.63) is 29.8 Å². The molecule has 2 nitrogen and oxygen atoms in total. The monoisotopic (exact) mass is 323 g/mol. The van der Waals surface area contributed by atoms with E-state index < -0.39 is 0 Å². The maximum Gasteiger partial charge on any atom is 0.119 e. The molecular formula is C21H41NO. The van der Waals surface area contributed by atoms with Gasteiger partial charge in [-0.05, 0) is 36.6 Å². The molecule has 0 aliphatic rings. The Labute approximate surface area is 146 Å². The summed E-state index contributed by atoms with van der Waals surface area (Å²) in [6, 6.07) is 8.40. The van der Waals surface area contributed by atoms with Crippen LogP contribution in [0.4, 0.5) is 0 Å². The molecule has 0 unspecified atom stereocenters. The summed E-state index contributed by atoms with van der Waals surface area (Å²) in [5, 5.41) is 3.47. The molecule has 0 aliphatic heterocycles. The van der Waals surface area contributed by atoms with Gasteiger partial charge in [-0.2, -0.15) is 0 Å². The summed E-state index contributed by atoms with van der Waals surface area (Å²) in [4.78, 5) is 0. The van der Waals surface area contributed by atoms with Gasteiger partial charge < -0.3 is 10.1 Å². The van der Waals surface area contributed by atoms with Crippen LogP contribution < -0.4 is 10.1 Å². The zero-order valence-electron chi connectivity index (χ0n) is 16.7. The van der Waals surface area contributed by atoms with E-state index in [0.29, 0.717) is 5.92 Å². The van der Waals surface area contributed by atoms with Gasteiger partial charge in [0.15, 0.2) is 0 Å². The number of nitrogens with one attached hydrogen (secondary N) is 1. The second-order valence-corrected chi connectivity index (χ2v) is 5.94. The summed E-state index contributed by atoms with van der Waals surface area (Å²) >= 11 is 0. The Bertz CT molecular complexity index is 319. The smallest absolute Gasteiger partial charge is 0.119 e. The van der Waals surface area contributed by atoms with E-state index in [1.807, 2.05) is 13.8 Å². The lowest BCUT2D eigenvalue weighted by molar-refractivity contribution is 0.271. The average molecular weight is 324 g/mol. The fourth-order valence-corrected chi connectivity index (χ4v) is 1.70. The van der Waals surface area contributed by atoms with Crippen LogP contribution in [-0.2, 0) is 6.54 Å². The van der Waals surface area contributed by atoms with E-state index in [1.54, 1.807) is 0 Å². The Morgan fingerprint density at radius 1 is 0.957 bits per heavy atom. The minimum absolute atomic E-state index is 0.574. The molecule has 0 radical (unpaired) electrons. The summed E-state index contributed by atoms with van der Waals surface area (Å²) < 4.78 is 5.66. The molecule has 1 N–H and O–H groups in total. The van der Waals surface area contributed by atoms with Crippen molar-refractivity contribution < 1.29 is 4.74 Å². The van der Waals surface area contributed by atoms with Crippen LogP contribution in [0.5, 0.6) is 5.75 Å². The Hall–Kier alpha value is -1.02. The van der Waals surface area contributed by atoms with Gasteiger partial charge in [0.1, 0.15) is 5.75 Å². The van der Waals surface area contributed by atoms with Crippen molar-refractivity contribution in [1.29, 1.82) is 0 Å². The first-order valence-electron chi connectivity index (χ1n) is 9.56.